The van der Waals surface area contributed by atoms with Gasteiger partial charge in [-0.25, -0.2) is 0 Å². The normalized spacial score (nSPS) is 34.9. The van der Waals surface area contributed by atoms with Gasteiger partial charge in [-0.1, -0.05) is 48.0 Å². The fourth-order valence-electron chi connectivity index (χ4n) is 3.04. The Morgan fingerprint density at radius 2 is 1.57 bits per heavy atom. The lowest BCUT2D eigenvalue weighted by Gasteiger charge is -2.47. The summed E-state index contributed by atoms with van der Waals surface area (Å²) in [6.07, 6.45) is 3.32. The highest BCUT2D eigenvalue weighted by Crippen LogP contribution is 2.53. The molecular formula is C13H26O. The highest BCUT2D eigenvalue weighted by molar-refractivity contribution is 5.03. The molecule has 0 saturated heterocycles. The van der Waals surface area contributed by atoms with E-state index in [1.54, 1.807) is 0 Å². The molecule has 1 fully saturated rings. The SMILES string of the molecule is CC(C)(C)[C@@H]1CCC[C@@]1(O)C(C)(C)C. The zero-order chi connectivity index (χ0) is 11.2. The van der Waals surface area contributed by atoms with Gasteiger partial charge in [0.2, 0.25) is 0 Å². The van der Waals surface area contributed by atoms with Gasteiger partial charge in [0.1, 0.15) is 0 Å². The molecule has 0 aromatic heterocycles. The molecule has 0 amide bonds. The van der Waals surface area contributed by atoms with Crippen molar-refractivity contribution in [2.24, 2.45) is 16.7 Å². The van der Waals surface area contributed by atoms with Crippen molar-refractivity contribution in [2.75, 3.05) is 0 Å². The fourth-order valence-corrected chi connectivity index (χ4v) is 3.04. The van der Waals surface area contributed by atoms with Gasteiger partial charge >= 0.3 is 0 Å². The molecule has 1 N–H and O–H groups in total. The summed E-state index contributed by atoms with van der Waals surface area (Å²) in [6.45, 7) is 13.2. The molecule has 0 unspecified atom stereocenters. The first-order valence-electron chi connectivity index (χ1n) is 5.81. The van der Waals surface area contributed by atoms with E-state index in [0.717, 1.165) is 6.42 Å². The maximum atomic E-state index is 10.8. The molecule has 1 heteroatoms. The van der Waals surface area contributed by atoms with E-state index in [-0.39, 0.29) is 10.8 Å². The van der Waals surface area contributed by atoms with E-state index in [1.807, 2.05) is 0 Å². The maximum absolute atomic E-state index is 10.8. The van der Waals surface area contributed by atoms with E-state index in [2.05, 4.69) is 41.5 Å². The lowest BCUT2D eigenvalue weighted by Crippen LogP contribution is -2.50. The molecule has 1 rings (SSSR count). The summed E-state index contributed by atoms with van der Waals surface area (Å²) in [5.41, 5.74) is -0.245. The van der Waals surface area contributed by atoms with Gasteiger partial charge in [-0.05, 0) is 29.6 Å². The molecule has 0 heterocycles. The molecule has 0 bridgehead atoms. The summed E-state index contributed by atoms with van der Waals surface area (Å²) >= 11 is 0. The van der Waals surface area contributed by atoms with Crippen molar-refractivity contribution >= 4 is 0 Å². The first kappa shape index (κ1) is 12.0. The van der Waals surface area contributed by atoms with Gasteiger partial charge in [0.25, 0.3) is 0 Å². The molecule has 0 radical (unpaired) electrons. The van der Waals surface area contributed by atoms with Crippen LogP contribution in [-0.2, 0) is 0 Å². The fraction of sp³-hybridized carbons (Fsp3) is 1.00. The van der Waals surface area contributed by atoms with E-state index in [0.29, 0.717) is 5.92 Å². The first-order valence-corrected chi connectivity index (χ1v) is 5.81. The molecule has 1 aliphatic rings. The topological polar surface area (TPSA) is 20.2 Å². The Hall–Kier alpha value is -0.0400. The quantitative estimate of drug-likeness (QED) is 0.630. The van der Waals surface area contributed by atoms with Crippen LogP contribution in [0.15, 0.2) is 0 Å². The zero-order valence-corrected chi connectivity index (χ0v) is 10.6. The van der Waals surface area contributed by atoms with Gasteiger partial charge in [-0.15, -0.1) is 0 Å². The van der Waals surface area contributed by atoms with Crippen molar-refractivity contribution in [1.82, 2.24) is 0 Å². The van der Waals surface area contributed by atoms with Crippen LogP contribution < -0.4 is 0 Å². The molecular weight excluding hydrogens is 172 g/mol. The second-order valence-corrected chi connectivity index (χ2v) is 6.99. The van der Waals surface area contributed by atoms with Gasteiger partial charge in [0.15, 0.2) is 0 Å². The Morgan fingerprint density at radius 3 is 1.86 bits per heavy atom. The molecule has 0 spiro atoms. The third kappa shape index (κ3) is 1.84. The van der Waals surface area contributed by atoms with Crippen molar-refractivity contribution in [3.63, 3.8) is 0 Å². The van der Waals surface area contributed by atoms with Crippen molar-refractivity contribution in [3.8, 4) is 0 Å². The van der Waals surface area contributed by atoms with Crippen LogP contribution >= 0.6 is 0 Å². The maximum Gasteiger partial charge on any atom is 0.0728 e. The number of hydrogen-bond acceptors (Lipinski definition) is 1. The standard InChI is InChI=1S/C13H26O/c1-11(2,3)10-8-7-9-13(10,14)12(4,5)6/h10,14H,7-9H2,1-6H3/t10-,13-/m0/s1. The van der Waals surface area contributed by atoms with Crippen molar-refractivity contribution in [2.45, 2.75) is 66.4 Å². The summed E-state index contributed by atoms with van der Waals surface area (Å²) in [6, 6.07) is 0. The van der Waals surface area contributed by atoms with Crippen LogP contribution in [0.5, 0.6) is 0 Å². The van der Waals surface area contributed by atoms with Crippen LogP contribution in [0.4, 0.5) is 0 Å². The third-order valence-electron chi connectivity index (χ3n) is 3.97. The second kappa shape index (κ2) is 3.23. The van der Waals surface area contributed by atoms with Crippen LogP contribution in [0, 0.1) is 16.7 Å². The largest absolute Gasteiger partial charge is 0.389 e. The molecule has 1 saturated carbocycles. The number of hydrogen-bond donors (Lipinski definition) is 1. The molecule has 1 aliphatic carbocycles. The Morgan fingerprint density at radius 1 is 1.07 bits per heavy atom. The third-order valence-corrected chi connectivity index (χ3v) is 3.97. The predicted molar refractivity (Wildman–Crippen MR) is 61.2 cm³/mol. The van der Waals surface area contributed by atoms with Gasteiger partial charge in [-0.2, -0.15) is 0 Å². The zero-order valence-electron chi connectivity index (χ0n) is 10.6. The van der Waals surface area contributed by atoms with Crippen LogP contribution in [0.25, 0.3) is 0 Å². The summed E-state index contributed by atoms with van der Waals surface area (Å²) in [4.78, 5) is 0. The van der Waals surface area contributed by atoms with Gasteiger partial charge in [0.05, 0.1) is 5.60 Å². The number of rotatable bonds is 0. The average Bonchev–Trinajstić information content (AvgIpc) is 2.28. The minimum atomic E-state index is -0.467. The summed E-state index contributed by atoms with van der Waals surface area (Å²) < 4.78 is 0. The molecule has 2 atom stereocenters. The molecule has 84 valence electrons. The number of aliphatic hydroxyl groups is 1. The highest BCUT2D eigenvalue weighted by Gasteiger charge is 2.53. The summed E-state index contributed by atoms with van der Waals surface area (Å²) in [5.74, 6) is 0.440. The lowest BCUT2D eigenvalue weighted by molar-refractivity contribution is -0.116. The Kier molecular flexibility index (Phi) is 2.78. The second-order valence-electron chi connectivity index (χ2n) is 6.99. The minimum Gasteiger partial charge on any atom is -0.389 e. The van der Waals surface area contributed by atoms with E-state index in [9.17, 15) is 5.11 Å². The molecule has 0 aromatic rings. The van der Waals surface area contributed by atoms with Crippen molar-refractivity contribution in [1.29, 1.82) is 0 Å². The van der Waals surface area contributed by atoms with Crippen molar-refractivity contribution < 1.29 is 5.11 Å². The Balaban J connectivity index is 2.99. The van der Waals surface area contributed by atoms with Gasteiger partial charge < -0.3 is 5.11 Å². The molecule has 0 aromatic carbocycles. The predicted octanol–water partition coefficient (Wildman–Crippen LogP) is 3.61. The Labute approximate surface area is 88.9 Å². The highest BCUT2D eigenvalue weighted by atomic mass is 16.3. The van der Waals surface area contributed by atoms with Gasteiger partial charge in [-0.3, -0.25) is 0 Å². The van der Waals surface area contributed by atoms with Gasteiger partial charge in [0, 0.05) is 0 Å². The van der Waals surface area contributed by atoms with E-state index in [1.165, 1.54) is 12.8 Å². The molecule has 1 nitrogen and oxygen atoms in total. The molecule has 14 heavy (non-hydrogen) atoms. The molecule has 0 aliphatic heterocycles. The summed E-state index contributed by atoms with van der Waals surface area (Å²) in [5, 5.41) is 10.8. The Bertz CT molecular complexity index is 206. The average molecular weight is 198 g/mol. The van der Waals surface area contributed by atoms with Crippen LogP contribution in [0.3, 0.4) is 0 Å². The monoisotopic (exact) mass is 198 g/mol. The lowest BCUT2D eigenvalue weighted by atomic mass is 9.63. The van der Waals surface area contributed by atoms with E-state index >= 15 is 0 Å². The van der Waals surface area contributed by atoms with Crippen molar-refractivity contribution in [3.05, 3.63) is 0 Å². The first-order chi connectivity index (χ1) is 6.09. The summed E-state index contributed by atoms with van der Waals surface area (Å²) in [7, 11) is 0. The smallest absolute Gasteiger partial charge is 0.0728 e. The van der Waals surface area contributed by atoms with E-state index in [4.69, 9.17) is 0 Å². The van der Waals surface area contributed by atoms with E-state index < -0.39 is 5.60 Å². The minimum absolute atomic E-state index is 0.00144. The van der Waals surface area contributed by atoms with Crippen LogP contribution in [0.1, 0.15) is 60.8 Å². The van der Waals surface area contributed by atoms with Crippen LogP contribution in [0.2, 0.25) is 0 Å². The van der Waals surface area contributed by atoms with Crippen LogP contribution in [-0.4, -0.2) is 10.7 Å².